The highest BCUT2D eigenvalue weighted by atomic mass is 32.2. The average molecular weight is 474 g/mol. The summed E-state index contributed by atoms with van der Waals surface area (Å²) in [5, 5.41) is 4.36. The lowest BCUT2D eigenvalue weighted by atomic mass is 10.1. The molecular formula is C24H27NO7S. The first kappa shape index (κ1) is 24.4. The number of esters is 1. The topological polar surface area (TPSA) is 104 Å². The van der Waals surface area contributed by atoms with E-state index >= 15 is 0 Å². The molecule has 3 rings (SSSR count). The van der Waals surface area contributed by atoms with Crippen LogP contribution in [0.1, 0.15) is 27.2 Å². The number of carbonyl (C=O) groups is 2. The van der Waals surface area contributed by atoms with Crippen LogP contribution in [0.5, 0.6) is 11.5 Å². The van der Waals surface area contributed by atoms with Crippen LogP contribution in [0.4, 0.5) is 4.79 Å². The number of thioether (sulfide) groups is 1. The summed E-state index contributed by atoms with van der Waals surface area (Å²) in [5.41, 5.74) is -0.936. The van der Waals surface area contributed by atoms with Gasteiger partial charge in [-0.2, -0.15) is 11.8 Å². The molecule has 0 bridgehead atoms. The number of nitrogens with one attached hydrogen (secondary N) is 1. The zero-order chi connectivity index (χ0) is 24.2. The van der Waals surface area contributed by atoms with Crippen LogP contribution in [0, 0.1) is 0 Å². The molecule has 0 aliphatic rings. The summed E-state index contributed by atoms with van der Waals surface area (Å²) in [4.78, 5) is 37.4. The fourth-order valence-electron chi connectivity index (χ4n) is 3.20. The van der Waals surface area contributed by atoms with Crippen molar-refractivity contribution in [1.29, 1.82) is 0 Å². The molecule has 1 unspecified atom stereocenters. The molecule has 1 atom stereocenters. The predicted molar refractivity (Wildman–Crippen MR) is 128 cm³/mol. The van der Waals surface area contributed by atoms with Crippen LogP contribution in [-0.2, 0) is 9.53 Å². The first-order valence-corrected chi connectivity index (χ1v) is 11.8. The van der Waals surface area contributed by atoms with Gasteiger partial charge in [0.2, 0.25) is 0 Å². The normalized spacial score (nSPS) is 12.4. The number of benzene rings is 2. The van der Waals surface area contributed by atoms with Crippen molar-refractivity contribution in [3.05, 3.63) is 46.8 Å². The van der Waals surface area contributed by atoms with Crippen molar-refractivity contribution >= 4 is 45.6 Å². The van der Waals surface area contributed by atoms with Gasteiger partial charge in [0.15, 0.2) is 0 Å². The molecule has 1 heterocycles. The molecule has 0 radical (unpaired) electrons. The van der Waals surface area contributed by atoms with Crippen LogP contribution in [0.2, 0.25) is 0 Å². The molecule has 33 heavy (non-hydrogen) atoms. The molecule has 1 amide bonds. The van der Waals surface area contributed by atoms with Crippen molar-refractivity contribution < 1.29 is 28.2 Å². The van der Waals surface area contributed by atoms with Crippen LogP contribution < -0.4 is 20.4 Å². The third-order valence-corrected chi connectivity index (χ3v) is 5.34. The van der Waals surface area contributed by atoms with Crippen molar-refractivity contribution in [2.75, 3.05) is 19.1 Å². The second kappa shape index (κ2) is 10.2. The summed E-state index contributed by atoms with van der Waals surface area (Å²) in [6.07, 6.45) is 1.58. The number of hydrogen-bond acceptors (Lipinski definition) is 8. The lowest BCUT2D eigenvalue weighted by molar-refractivity contribution is -0.136. The predicted octanol–water partition coefficient (Wildman–Crippen LogP) is 4.51. The quantitative estimate of drug-likeness (QED) is 0.231. The molecule has 0 saturated heterocycles. The number of methoxy groups -OCH3 is 1. The van der Waals surface area contributed by atoms with Gasteiger partial charge < -0.3 is 23.9 Å². The summed E-state index contributed by atoms with van der Waals surface area (Å²) in [6, 6.07) is 9.08. The van der Waals surface area contributed by atoms with Gasteiger partial charge in [0.1, 0.15) is 28.7 Å². The molecule has 176 valence electrons. The van der Waals surface area contributed by atoms with Crippen LogP contribution in [0.25, 0.3) is 21.7 Å². The summed E-state index contributed by atoms with van der Waals surface area (Å²) in [7, 11) is 1.52. The molecule has 2 aromatic carbocycles. The fraction of sp³-hybridized carbons (Fsp3) is 0.375. The van der Waals surface area contributed by atoms with Crippen molar-refractivity contribution in [2.24, 2.45) is 0 Å². The zero-order valence-electron chi connectivity index (χ0n) is 19.2. The van der Waals surface area contributed by atoms with E-state index in [9.17, 15) is 14.4 Å². The zero-order valence-corrected chi connectivity index (χ0v) is 20.0. The molecule has 1 N–H and O–H groups in total. The number of alkyl carbamates (subject to hydrolysis) is 1. The minimum Gasteiger partial charge on any atom is -0.497 e. The van der Waals surface area contributed by atoms with Gasteiger partial charge in [-0.25, -0.2) is 14.4 Å². The number of hydrogen-bond donors (Lipinski definition) is 1. The Morgan fingerprint density at radius 2 is 1.76 bits per heavy atom. The smallest absolute Gasteiger partial charge is 0.408 e. The highest BCUT2D eigenvalue weighted by Gasteiger charge is 2.26. The number of amides is 1. The van der Waals surface area contributed by atoms with Gasteiger partial charge in [0, 0.05) is 16.8 Å². The van der Waals surface area contributed by atoms with Gasteiger partial charge in [-0.15, -0.1) is 0 Å². The van der Waals surface area contributed by atoms with Gasteiger partial charge in [-0.1, -0.05) is 0 Å². The second-order valence-corrected chi connectivity index (χ2v) is 9.35. The summed E-state index contributed by atoms with van der Waals surface area (Å²) in [5.74, 6) is 0.747. The molecule has 1 aromatic heterocycles. The van der Waals surface area contributed by atoms with Crippen molar-refractivity contribution in [1.82, 2.24) is 5.32 Å². The monoisotopic (exact) mass is 473 g/mol. The van der Waals surface area contributed by atoms with Crippen LogP contribution in [0.3, 0.4) is 0 Å². The van der Waals surface area contributed by atoms with Gasteiger partial charge in [-0.05, 0) is 69.5 Å². The van der Waals surface area contributed by atoms with Crippen molar-refractivity contribution in [3.8, 4) is 11.5 Å². The van der Waals surface area contributed by atoms with Gasteiger partial charge >= 0.3 is 17.7 Å². The molecular weight excluding hydrogens is 446 g/mol. The van der Waals surface area contributed by atoms with E-state index in [1.165, 1.54) is 13.2 Å². The first-order chi connectivity index (χ1) is 15.6. The standard InChI is InChI=1S/C24H27NO7S/c1-24(2,3)32-23(28)25-19(10-11-33-5)22(27)30-15-7-9-17-16-8-6-14(29-4)12-18(16)21(26)31-20(17)13-15/h6-9,12-13,19H,10-11H2,1-5H3,(H,25,28). The molecule has 0 fully saturated rings. The maximum Gasteiger partial charge on any atom is 0.408 e. The van der Waals surface area contributed by atoms with E-state index in [2.05, 4.69) is 5.32 Å². The van der Waals surface area contributed by atoms with Gasteiger partial charge in [0.25, 0.3) is 0 Å². The van der Waals surface area contributed by atoms with E-state index in [4.69, 9.17) is 18.6 Å². The van der Waals surface area contributed by atoms with E-state index in [1.807, 2.05) is 6.26 Å². The highest BCUT2D eigenvalue weighted by Crippen LogP contribution is 2.28. The molecule has 8 nitrogen and oxygen atoms in total. The Labute approximate surface area is 195 Å². The highest BCUT2D eigenvalue weighted by molar-refractivity contribution is 7.98. The van der Waals surface area contributed by atoms with Gasteiger partial charge in [0.05, 0.1) is 12.5 Å². The lowest BCUT2D eigenvalue weighted by Gasteiger charge is -2.22. The number of carbonyl (C=O) groups excluding carboxylic acids is 2. The third-order valence-electron chi connectivity index (χ3n) is 4.70. The second-order valence-electron chi connectivity index (χ2n) is 8.36. The number of rotatable bonds is 7. The molecule has 9 heteroatoms. The molecule has 0 saturated carbocycles. The van der Waals surface area contributed by atoms with E-state index in [0.717, 1.165) is 0 Å². The Hall–Kier alpha value is -3.20. The molecule has 3 aromatic rings. The van der Waals surface area contributed by atoms with Gasteiger partial charge in [-0.3, -0.25) is 0 Å². The largest absolute Gasteiger partial charge is 0.497 e. The molecule has 0 spiro atoms. The summed E-state index contributed by atoms with van der Waals surface area (Å²) < 4.78 is 21.4. The third kappa shape index (κ3) is 6.19. The summed E-state index contributed by atoms with van der Waals surface area (Å²) in [6.45, 7) is 5.22. The lowest BCUT2D eigenvalue weighted by Crippen LogP contribution is -2.45. The van der Waals surface area contributed by atoms with E-state index in [-0.39, 0.29) is 11.3 Å². The van der Waals surface area contributed by atoms with Crippen LogP contribution >= 0.6 is 11.8 Å². The van der Waals surface area contributed by atoms with Crippen molar-refractivity contribution in [2.45, 2.75) is 38.8 Å². The Balaban J connectivity index is 1.85. The SMILES string of the molecule is COc1ccc2c(c1)c(=O)oc1cc(OC(=O)C(CCSC)NC(=O)OC(C)(C)C)ccc12. The Morgan fingerprint density at radius 1 is 1.06 bits per heavy atom. The number of ether oxygens (including phenoxy) is 3. The first-order valence-electron chi connectivity index (χ1n) is 10.4. The average Bonchev–Trinajstić information content (AvgIpc) is 2.75. The van der Waals surface area contributed by atoms with E-state index < -0.39 is 29.3 Å². The Morgan fingerprint density at radius 3 is 2.42 bits per heavy atom. The number of fused-ring (bicyclic) bond motifs is 3. The Bertz CT molecular complexity index is 1230. The van der Waals surface area contributed by atoms with Crippen molar-refractivity contribution in [3.63, 3.8) is 0 Å². The maximum atomic E-state index is 12.8. The Kier molecular flexibility index (Phi) is 7.53. The van der Waals surface area contributed by atoms with E-state index in [1.54, 1.807) is 62.9 Å². The minimum atomic E-state index is -0.890. The molecule has 0 aliphatic carbocycles. The minimum absolute atomic E-state index is 0.198. The van der Waals surface area contributed by atoms with Crippen LogP contribution in [-0.4, -0.2) is 42.8 Å². The summed E-state index contributed by atoms with van der Waals surface area (Å²) >= 11 is 1.54. The fourth-order valence-corrected chi connectivity index (χ4v) is 3.68. The maximum absolute atomic E-state index is 12.8. The van der Waals surface area contributed by atoms with Crippen LogP contribution in [0.15, 0.2) is 45.6 Å². The van der Waals surface area contributed by atoms with E-state index in [0.29, 0.717) is 34.1 Å². The molecule has 0 aliphatic heterocycles.